The Morgan fingerprint density at radius 3 is 2.42 bits per heavy atom. The zero-order chi connectivity index (χ0) is 23.6. The summed E-state index contributed by atoms with van der Waals surface area (Å²) in [6.45, 7) is 12.1. The number of benzene rings is 2. The minimum Gasteiger partial charge on any atom is -0.387 e. The number of allylic oxidation sites excluding steroid dienone is 4. The zero-order valence-electron chi connectivity index (χ0n) is 19.6. The summed E-state index contributed by atoms with van der Waals surface area (Å²) in [5.41, 5.74) is 5.62. The van der Waals surface area contributed by atoms with Crippen LogP contribution in [0.3, 0.4) is 0 Å². The van der Waals surface area contributed by atoms with Gasteiger partial charge < -0.3 is 15.1 Å². The molecule has 0 aromatic heterocycles. The maximum absolute atomic E-state index is 11.9. The first-order valence-electron chi connectivity index (χ1n) is 11.2. The lowest BCUT2D eigenvalue weighted by atomic mass is 10.2. The second-order valence-electron chi connectivity index (χ2n) is 7.86. The molecule has 6 nitrogen and oxygen atoms in total. The molecule has 0 unspecified atom stereocenters. The highest BCUT2D eigenvalue weighted by atomic mass is 16.1. The lowest BCUT2D eigenvalue weighted by Crippen LogP contribution is -2.36. The highest BCUT2D eigenvalue weighted by Gasteiger charge is 2.19. The van der Waals surface area contributed by atoms with Crippen LogP contribution in [0.2, 0.25) is 0 Å². The van der Waals surface area contributed by atoms with Crippen LogP contribution in [0.1, 0.15) is 19.8 Å². The van der Waals surface area contributed by atoms with Gasteiger partial charge in [-0.05, 0) is 69.0 Å². The Bertz CT molecular complexity index is 1030. The van der Waals surface area contributed by atoms with Crippen LogP contribution in [0.4, 0.5) is 22.7 Å². The Morgan fingerprint density at radius 1 is 1.09 bits per heavy atom. The van der Waals surface area contributed by atoms with Crippen molar-refractivity contribution in [3.8, 4) is 0 Å². The molecule has 1 N–H and O–H groups in total. The molecule has 172 valence electrons. The van der Waals surface area contributed by atoms with Gasteiger partial charge >= 0.3 is 0 Å². The van der Waals surface area contributed by atoms with Crippen molar-refractivity contribution >= 4 is 35.9 Å². The predicted molar refractivity (Wildman–Crippen MR) is 141 cm³/mol. The average molecular weight is 444 g/mol. The van der Waals surface area contributed by atoms with Gasteiger partial charge in [-0.15, -0.1) is 0 Å². The van der Waals surface area contributed by atoms with E-state index < -0.39 is 0 Å². The number of hydrogen-bond acceptors (Lipinski definition) is 5. The molecule has 2 aromatic rings. The third kappa shape index (κ3) is 5.71. The zero-order valence-corrected chi connectivity index (χ0v) is 19.6. The molecule has 1 heterocycles. The maximum Gasteiger partial charge on any atom is 0.218 e. The van der Waals surface area contributed by atoms with E-state index in [0.717, 1.165) is 73.2 Å². The number of para-hydroxylation sites is 2. The number of nitrogens with one attached hydrogen (secondary N) is 1. The SMILES string of the molecule is C=C/C=C\C(NC)=C(/C)N(C=O)c1ccc(N2CCCCN(c3ccccc3N=C)C2)cc1. The first-order chi connectivity index (χ1) is 16.1. The molecule has 0 aliphatic carbocycles. The average Bonchev–Trinajstić information content (AvgIpc) is 3.12. The molecule has 0 bridgehead atoms. The minimum absolute atomic E-state index is 0.776. The molecule has 3 rings (SSSR count). The van der Waals surface area contributed by atoms with Crippen LogP contribution in [0.25, 0.3) is 0 Å². The number of nitrogens with zero attached hydrogens (tertiary/aromatic N) is 4. The summed E-state index contributed by atoms with van der Waals surface area (Å²) in [5.74, 6) is 0. The number of amides is 1. The molecule has 0 spiro atoms. The van der Waals surface area contributed by atoms with Crippen molar-refractivity contribution < 1.29 is 4.79 Å². The lowest BCUT2D eigenvalue weighted by Gasteiger charge is -2.31. The van der Waals surface area contributed by atoms with E-state index in [4.69, 9.17) is 0 Å². The molecule has 1 aliphatic rings. The number of hydrogen-bond donors (Lipinski definition) is 1. The largest absolute Gasteiger partial charge is 0.387 e. The van der Waals surface area contributed by atoms with Gasteiger partial charge in [0.25, 0.3) is 0 Å². The molecule has 1 fully saturated rings. The highest BCUT2D eigenvalue weighted by Crippen LogP contribution is 2.31. The van der Waals surface area contributed by atoms with Crippen molar-refractivity contribution in [3.63, 3.8) is 0 Å². The first kappa shape index (κ1) is 23.9. The number of anilines is 3. The van der Waals surface area contributed by atoms with Gasteiger partial charge in [0.05, 0.1) is 23.7 Å². The van der Waals surface area contributed by atoms with E-state index >= 15 is 0 Å². The standard InChI is InChI=1S/C27H33N5O/c1-5-6-11-25(28-3)22(2)32(21-33)24-16-14-23(15-17-24)30-18-9-10-19-31(20-30)27-13-8-7-12-26(27)29-4/h5-8,11-17,21,28H,1,4,9-10,18-20H2,2-3H3/b11-6-,25-22-. The smallest absolute Gasteiger partial charge is 0.218 e. The highest BCUT2D eigenvalue weighted by molar-refractivity contribution is 5.81. The van der Waals surface area contributed by atoms with E-state index in [1.165, 1.54) is 0 Å². The van der Waals surface area contributed by atoms with Gasteiger partial charge in [-0.2, -0.15) is 0 Å². The van der Waals surface area contributed by atoms with Crippen molar-refractivity contribution in [2.24, 2.45) is 4.99 Å². The Kier molecular flexibility index (Phi) is 8.47. The molecule has 1 saturated heterocycles. The van der Waals surface area contributed by atoms with E-state index in [1.807, 2.05) is 56.5 Å². The van der Waals surface area contributed by atoms with Gasteiger partial charge in [0.15, 0.2) is 0 Å². The van der Waals surface area contributed by atoms with Crippen LogP contribution in [-0.2, 0) is 4.79 Å². The van der Waals surface area contributed by atoms with Crippen LogP contribution < -0.4 is 20.0 Å². The van der Waals surface area contributed by atoms with Gasteiger partial charge in [-0.3, -0.25) is 14.7 Å². The molecule has 33 heavy (non-hydrogen) atoms. The topological polar surface area (TPSA) is 51.2 Å². The van der Waals surface area contributed by atoms with Gasteiger partial charge in [0.1, 0.15) is 0 Å². The monoisotopic (exact) mass is 443 g/mol. The van der Waals surface area contributed by atoms with Crippen LogP contribution >= 0.6 is 0 Å². The molecular weight excluding hydrogens is 410 g/mol. The molecule has 6 heteroatoms. The third-order valence-corrected chi connectivity index (χ3v) is 5.86. The van der Waals surface area contributed by atoms with Crippen molar-refractivity contribution in [3.05, 3.63) is 84.7 Å². The van der Waals surface area contributed by atoms with Crippen molar-refractivity contribution in [1.29, 1.82) is 0 Å². The van der Waals surface area contributed by atoms with E-state index in [9.17, 15) is 4.79 Å². The molecule has 2 aromatic carbocycles. The first-order valence-corrected chi connectivity index (χ1v) is 11.2. The van der Waals surface area contributed by atoms with E-state index in [-0.39, 0.29) is 0 Å². The summed E-state index contributed by atoms with van der Waals surface area (Å²) in [5, 5.41) is 3.14. The summed E-state index contributed by atoms with van der Waals surface area (Å²) in [7, 11) is 1.84. The van der Waals surface area contributed by atoms with Gasteiger partial charge in [-0.25, -0.2) is 0 Å². The second-order valence-corrected chi connectivity index (χ2v) is 7.86. The van der Waals surface area contributed by atoms with Crippen LogP contribution in [-0.4, -0.2) is 39.9 Å². The van der Waals surface area contributed by atoms with Crippen LogP contribution in [0.15, 0.2) is 89.7 Å². The summed E-state index contributed by atoms with van der Waals surface area (Å²) in [6, 6.07) is 16.3. The van der Waals surface area contributed by atoms with Gasteiger partial charge in [0.2, 0.25) is 6.41 Å². The maximum atomic E-state index is 11.9. The molecule has 0 atom stereocenters. The van der Waals surface area contributed by atoms with E-state index in [1.54, 1.807) is 11.0 Å². The number of aliphatic imine (C=N–C) groups is 1. The molecule has 1 aliphatic heterocycles. The third-order valence-electron chi connectivity index (χ3n) is 5.86. The quantitative estimate of drug-likeness (QED) is 0.327. The van der Waals surface area contributed by atoms with Crippen molar-refractivity contribution in [2.75, 3.05) is 41.5 Å². The molecule has 0 radical (unpaired) electrons. The van der Waals surface area contributed by atoms with E-state index in [0.29, 0.717) is 0 Å². The Balaban J connectivity index is 1.84. The molecular formula is C27H33N5O. The molecule has 1 amide bonds. The minimum atomic E-state index is 0.776. The number of likely N-dealkylation sites (N-methyl/N-ethyl adjacent to an activating group) is 1. The number of carbonyl (C=O) groups is 1. The lowest BCUT2D eigenvalue weighted by molar-refractivity contribution is -0.107. The summed E-state index contributed by atoms with van der Waals surface area (Å²) in [6.07, 6.45) is 8.52. The summed E-state index contributed by atoms with van der Waals surface area (Å²) in [4.78, 5) is 22.5. The van der Waals surface area contributed by atoms with E-state index in [2.05, 4.69) is 51.6 Å². The van der Waals surface area contributed by atoms with Crippen molar-refractivity contribution in [2.45, 2.75) is 19.8 Å². The van der Waals surface area contributed by atoms with Crippen molar-refractivity contribution in [1.82, 2.24) is 5.32 Å². The van der Waals surface area contributed by atoms with Crippen LogP contribution in [0, 0.1) is 0 Å². The fourth-order valence-corrected chi connectivity index (χ4v) is 4.06. The Morgan fingerprint density at radius 2 is 1.79 bits per heavy atom. The number of carbonyl (C=O) groups excluding carboxylic acids is 1. The second kappa shape index (κ2) is 11.7. The van der Waals surface area contributed by atoms with Gasteiger partial charge in [-0.1, -0.05) is 30.9 Å². The predicted octanol–water partition coefficient (Wildman–Crippen LogP) is 5.24. The van der Waals surface area contributed by atoms with Gasteiger partial charge in [0, 0.05) is 37.2 Å². The Labute approximate surface area is 197 Å². The fraction of sp³-hybridized carbons (Fsp3) is 0.259. The fourth-order valence-electron chi connectivity index (χ4n) is 4.06. The Hall–Kier alpha value is -3.80. The summed E-state index contributed by atoms with van der Waals surface area (Å²) < 4.78 is 0. The number of rotatable bonds is 9. The molecule has 0 saturated carbocycles. The summed E-state index contributed by atoms with van der Waals surface area (Å²) >= 11 is 0. The van der Waals surface area contributed by atoms with Crippen LogP contribution in [0.5, 0.6) is 0 Å². The normalized spacial score (nSPS) is 15.0.